The second-order valence-electron chi connectivity index (χ2n) is 5.58. The molecule has 1 aliphatic rings. The molecule has 5 heteroatoms. The number of halogens is 1. The van der Waals surface area contributed by atoms with E-state index in [1.165, 1.54) is 0 Å². The molecule has 1 unspecified atom stereocenters. The van der Waals surface area contributed by atoms with Crippen LogP contribution in [0.2, 0.25) is 5.02 Å². The fraction of sp³-hybridized carbons (Fsp3) is 0.467. The molecule has 1 aromatic rings. The Kier molecular flexibility index (Phi) is 4.33. The van der Waals surface area contributed by atoms with Gasteiger partial charge in [0.2, 0.25) is 5.91 Å². The Morgan fingerprint density at radius 3 is 2.60 bits per heavy atom. The van der Waals surface area contributed by atoms with Crippen molar-refractivity contribution in [2.75, 3.05) is 5.32 Å². The Morgan fingerprint density at radius 2 is 1.95 bits per heavy atom. The minimum Gasteiger partial charge on any atom is -0.481 e. The number of rotatable bonds is 3. The summed E-state index contributed by atoms with van der Waals surface area (Å²) in [5, 5.41) is 12.6. The first-order chi connectivity index (χ1) is 9.38. The summed E-state index contributed by atoms with van der Waals surface area (Å²) in [6, 6.07) is 5.26. The van der Waals surface area contributed by atoms with E-state index in [0.717, 1.165) is 5.56 Å². The Bertz CT molecular complexity index is 544. The second-order valence-corrected chi connectivity index (χ2v) is 6.01. The molecule has 1 aromatic carbocycles. The number of carboxylic acid groups (broad SMARTS) is 1. The van der Waals surface area contributed by atoms with Crippen LogP contribution in [0.1, 0.15) is 25.3 Å². The van der Waals surface area contributed by atoms with E-state index in [9.17, 15) is 14.7 Å². The Balaban J connectivity index is 2.15. The van der Waals surface area contributed by atoms with Gasteiger partial charge < -0.3 is 10.4 Å². The molecule has 20 heavy (non-hydrogen) atoms. The third-order valence-electron chi connectivity index (χ3n) is 3.91. The molecular formula is C15H18ClNO3. The number of nitrogens with one attached hydrogen (secondary N) is 1. The van der Waals surface area contributed by atoms with Crippen LogP contribution < -0.4 is 5.32 Å². The minimum atomic E-state index is -0.891. The highest BCUT2D eigenvalue weighted by Crippen LogP contribution is 2.37. The molecule has 108 valence electrons. The average Bonchev–Trinajstić information content (AvgIpc) is 2.76. The molecule has 0 bridgehead atoms. The maximum absolute atomic E-state index is 12.3. The van der Waals surface area contributed by atoms with Crippen molar-refractivity contribution in [3.63, 3.8) is 0 Å². The molecule has 0 aromatic heterocycles. The van der Waals surface area contributed by atoms with Crippen LogP contribution in [0, 0.1) is 24.7 Å². The first kappa shape index (κ1) is 14.9. The zero-order valence-corrected chi connectivity index (χ0v) is 12.3. The summed E-state index contributed by atoms with van der Waals surface area (Å²) >= 11 is 5.92. The van der Waals surface area contributed by atoms with Crippen molar-refractivity contribution in [1.82, 2.24) is 0 Å². The number of carbonyl (C=O) groups is 2. The van der Waals surface area contributed by atoms with E-state index >= 15 is 0 Å². The highest BCUT2D eigenvalue weighted by atomic mass is 35.5. The van der Waals surface area contributed by atoms with E-state index in [-0.39, 0.29) is 11.8 Å². The van der Waals surface area contributed by atoms with E-state index < -0.39 is 17.8 Å². The Labute approximate surface area is 123 Å². The molecule has 1 aliphatic carbocycles. The lowest BCUT2D eigenvalue weighted by Crippen LogP contribution is -2.30. The van der Waals surface area contributed by atoms with Crippen molar-refractivity contribution < 1.29 is 14.7 Å². The van der Waals surface area contributed by atoms with Gasteiger partial charge in [0.15, 0.2) is 0 Å². The average molecular weight is 296 g/mol. The van der Waals surface area contributed by atoms with Gasteiger partial charge in [-0.1, -0.05) is 24.6 Å². The zero-order chi connectivity index (χ0) is 14.9. The van der Waals surface area contributed by atoms with Gasteiger partial charge in [0.1, 0.15) is 0 Å². The number of amides is 1. The molecule has 1 amide bonds. The van der Waals surface area contributed by atoms with Crippen LogP contribution in [0.5, 0.6) is 0 Å². The minimum absolute atomic E-state index is 0.230. The third kappa shape index (κ3) is 3.12. The summed E-state index contributed by atoms with van der Waals surface area (Å²) in [6.45, 7) is 3.85. The first-order valence-electron chi connectivity index (χ1n) is 6.68. The molecule has 3 atom stereocenters. The van der Waals surface area contributed by atoms with Crippen LogP contribution in [0.3, 0.4) is 0 Å². The molecule has 4 nitrogen and oxygen atoms in total. The third-order valence-corrected chi connectivity index (χ3v) is 4.14. The molecule has 0 spiro atoms. The fourth-order valence-corrected chi connectivity index (χ4v) is 2.98. The van der Waals surface area contributed by atoms with Gasteiger partial charge in [0, 0.05) is 10.7 Å². The van der Waals surface area contributed by atoms with Crippen molar-refractivity contribution >= 4 is 29.2 Å². The van der Waals surface area contributed by atoms with Gasteiger partial charge in [0.05, 0.1) is 11.8 Å². The Hall–Kier alpha value is -1.55. The van der Waals surface area contributed by atoms with Crippen LogP contribution in [0.25, 0.3) is 0 Å². The number of hydrogen-bond donors (Lipinski definition) is 2. The Morgan fingerprint density at radius 1 is 1.30 bits per heavy atom. The van der Waals surface area contributed by atoms with E-state index in [1.54, 1.807) is 12.1 Å². The van der Waals surface area contributed by atoms with Gasteiger partial charge in [-0.05, 0) is 43.4 Å². The van der Waals surface area contributed by atoms with Gasteiger partial charge >= 0.3 is 5.97 Å². The van der Waals surface area contributed by atoms with E-state index in [2.05, 4.69) is 5.32 Å². The lowest BCUT2D eigenvalue weighted by Gasteiger charge is -2.16. The highest BCUT2D eigenvalue weighted by Gasteiger charge is 2.41. The molecule has 2 N–H and O–H groups in total. The topological polar surface area (TPSA) is 66.4 Å². The quantitative estimate of drug-likeness (QED) is 0.899. The largest absolute Gasteiger partial charge is 0.481 e. The van der Waals surface area contributed by atoms with Crippen LogP contribution in [0.4, 0.5) is 5.69 Å². The smallest absolute Gasteiger partial charge is 0.307 e. The van der Waals surface area contributed by atoms with Crippen LogP contribution in [0.15, 0.2) is 18.2 Å². The summed E-state index contributed by atoms with van der Waals surface area (Å²) in [5.41, 5.74) is 1.55. The van der Waals surface area contributed by atoms with Gasteiger partial charge in [-0.15, -0.1) is 0 Å². The summed E-state index contributed by atoms with van der Waals surface area (Å²) in [7, 11) is 0. The highest BCUT2D eigenvalue weighted by molar-refractivity contribution is 6.31. The van der Waals surface area contributed by atoms with Crippen molar-refractivity contribution in [1.29, 1.82) is 0 Å². The monoisotopic (exact) mass is 295 g/mol. The SMILES string of the molecule is Cc1ccc(Cl)cc1NC(=O)[C@H]1CC(C)C[C@H]1C(=O)O. The summed E-state index contributed by atoms with van der Waals surface area (Å²) in [5.74, 6) is -1.93. The van der Waals surface area contributed by atoms with Gasteiger partial charge in [0.25, 0.3) is 0 Å². The first-order valence-corrected chi connectivity index (χ1v) is 7.06. The van der Waals surface area contributed by atoms with Crippen molar-refractivity contribution in [2.45, 2.75) is 26.7 Å². The van der Waals surface area contributed by atoms with Gasteiger partial charge in [-0.25, -0.2) is 0 Å². The number of anilines is 1. The number of carboxylic acids is 1. The molecule has 0 heterocycles. The second kappa shape index (κ2) is 5.83. The number of aryl methyl sites for hydroxylation is 1. The van der Waals surface area contributed by atoms with Crippen molar-refractivity contribution in [2.24, 2.45) is 17.8 Å². The molecule has 1 fully saturated rings. The van der Waals surface area contributed by atoms with E-state index in [0.29, 0.717) is 23.6 Å². The van der Waals surface area contributed by atoms with Crippen molar-refractivity contribution in [3.8, 4) is 0 Å². The van der Waals surface area contributed by atoms with Gasteiger partial charge in [-0.3, -0.25) is 9.59 Å². The molecule has 0 aliphatic heterocycles. The predicted molar refractivity (Wildman–Crippen MR) is 77.8 cm³/mol. The van der Waals surface area contributed by atoms with Crippen LogP contribution in [-0.2, 0) is 9.59 Å². The van der Waals surface area contributed by atoms with E-state index in [1.807, 2.05) is 19.9 Å². The molecule has 2 rings (SSSR count). The van der Waals surface area contributed by atoms with Crippen molar-refractivity contribution in [3.05, 3.63) is 28.8 Å². The van der Waals surface area contributed by atoms with Gasteiger partial charge in [-0.2, -0.15) is 0 Å². The maximum Gasteiger partial charge on any atom is 0.307 e. The lowest BCUT2D eigenvalue weighted by atomic mass is 9.95. The van der Waals surface area contributed by atoms with E-state index in [4.69, 9.17) is 11.6 Å². The lowest BCUT2D eigenvalue weighted by molar-refractivity contribution is -0.145. The predicted octanol–water partition coefficient (Wildman–Crippen LogP) is 3.33. The number of benzene rings is 1. The summed E-state index contributed by atoms with van der Waals surface area (Å²) in [6.07, 6.45) is 1.17. The van der Waals surface area contributed by atoms with Crippen LogP contribution in [-0.4, -0.2) is 17.0 Å². The standard InChI is InChI=1S/C15H18ClNO3/c1-8-5-11(12(6-8)15(19)20)14(18)17-13-7-10(16)4-3-9(13)2/h3-4,7-8,11-12H,5-6H2,1-2H3,(H,17,18)(H,19,20)/t8?,11-,12+/m0/s1. The number of hydrogen-bond acceptors (Lipinski definition) is 2. The number of carbonyl (C=O) groups excluding carboxylic acids is 1. The zero-order valence-electron chi connectivity index (χ0n) is 11.5. The molecular weight excluding hydrogens is 278 g/mol. The summed E-state index contributed by atoms with van der Waals surface area (Å²) in [4.78, 5) is 23.6. The summed E-state index contributed by atoms with van der Waals surface area (Å²) < 4.78 is 0. The maximum atomic E-state index is 12.3. The molecule has 0 saturated heterocycles. The normalized spacial score (nSPS) is 25.4. The van der Waals surface area contributed by atoms with Crippen LogP contribution >= 0.6 is 11.6 Å². The fourth-order valence-electron chi connectivity index (χ4n) is 2.81. The molecule has 1 saturated carbocycles. The molecule has 0 radical (unpaired) electrons. The number of aliphatic carboxylic acids is 1.